The fraction of sp³-hybridized carbons (Fsp3) is 0.200. The van der Waals surface area contributed by atoms with Crippen molar-refractivity contribution in [2.45, 2.75) is 12.5 Å². The third-order valence-electron chi connectivity index (χ3n) is 2.01. The lowest BCUT2D eigenvalue weighted by molar-refractivity contribution is -0.385. The summed E-state index contributed by atoms with van der Waals surface area (Å²) in [6, 6.07) is 2.65. The van der Waals surface area contributed by atoms with Crippen molar-refractivity contribution in [2.24, 2.45) is 5.73 Å². The fourth-order valence-corrected chi connectivity index (χ4v) is 1.30. The van der Waals surface area contributed by atoms with E-state index in [9.17, 15) is 14.5 Å². The summed E-state index contributed by atoms with van der Waals surface area (Å²) in [4.78, 5) is 10.1. The van der Waals surface area contributed by atoms with E-state index in [1.165, 1.54) is 0 Å². The molecule has 0 aromatic heterocycles. The van der Waals surface area contributed by atoms with Crippen molar-refractivity contribution in [3.05, 3.63) is 52.3 Å². The van der Waals surface area contributed by atoms with Crippen LogP contribution in [0.2, 0.25) is 0 Å². The minimum Gasteiger partial charge on any atom is -0.323 e. The van der Waals surface area contributed by atoms with E-state index in [2.05, 4.69) is 6.58 Å². The summed E-state index contributed by atoms with van der Waals surface area (Å²) in [5.74, 6) is -0.532. The molecule has 0 fully saturated rings. The van der Waals surface area contributed by atoms with Crippen molar-refractivity contribution < 1.29 is 9.31 Å². The second-order valence-corrected chi connectivity index (χ2v) is 3.09. The van der Waals surface area contributed by atoms with Crippen molar-refractivity contribution in [3.8, 4) is 0 Å². The van der Waals surface area contributed by atoms with Gasteiger partial charge in [0.2, 0.25) is 0 Å². The summed E-state index contributed by atoms with van der Waals surface area (Å²) < 4.78 is 12.9. The van der Waals surface area contributed by atoms with Crippen molar-refractivity contribution in [1.29, 1.82) is 0 Å². The van der Waals surface area contributed by atoms with Gasteiger partial charge < -0.3 is 5.73 Å². The number of benzene rings is 1. The first-order valence-corrected chi connectivity index (χ1v) is 4.36. The van der Waals surface area contributed by atoms with E-state index >= 15 is 0 Å². The van der Waals surface area contributed by atoms with E-state index < -0.39 is 16.8 Å². The molecule has 1 aromatic rings. The molecule has 0 aliphatic heterocycles. The first kappa shape index (κ1) is 14.5. The van der Waals surface area contributed by atoms with E-state index in [4.69, 9.17) is 5.73 Å². The highest BCUT2D eigenvalue weighted by Crippen LogP contribution is 2.26. The van der Waals surface area contributed by atoms with E-state index in [1.807, 2.05) is 0 Å². The Morgan fingerprint density at radius 2 is 2.25 bits per heavy atom. The highest BCUT2D eigenvalue weighted by Gasteiger charge is 2.18. The van der Waals surface area contributed by atoms with Gasteiger partial charge in [0.05, 0.1) is 4.92 Å². The van der Waals surface area contributed by atoms with Crippen LogP contribution < -0.4 is 5.73 Å². The number of nitro groups is 1. The molecular weight excluding hydrogens is 235 g/mol. The Labute approximate surface area is 98.5 Å². The third kappa shape index (κ3) is 3.29. The number of hydrogen-bond acceptors (Lipinski definition) is 3. The number of nitrogens with two attached hydrogens (primary N) is 1. The molecule has 4 nitrogen and oxygen atoms in total. The Bertz CT molecular complexity index is 398. The maximum absolute atomic E-state index is 12.9. The zero-order valence-electron chi connectivity index (χ0n) is 8.43. The lowest BCUT2D eigenvalue weighted by Gasteiger charge is -2.09. The summed E-state index contributed by atoms with van der Waals surface area (Å²) in [7, 11) is 0. The van der Waals surface area contributed by atoms with Crippen LogP contribution in [-0.2, 0) is 0 Å². The summed E-state index contributed by atoms with van der Waals surface area (Å²) in [6.07, 6.45) is 1.91. The number of halogens is 2. The average molecular weight is 247 g/mol. The molecule has 0 unspecified atom stereocenters. The number of hydrogen-bond donors (Lipinski definition) is 1. The first-order valence-electron chi connectivity index (χ1n) is 4.36. The summed E-state index contributed by atoms with van der Waals surface area (Å²) in [6.45, 7) is 3.48. The van der Waals surface area contributed by atoms with E-state index in [0.717, 1.165) is 18.2 Å². The largest absolute Gasteiger partial charge is 0.323 e. The monoisotopic (exact) mass is 246 g/mol. The molecule has 88 valence electrons. The second-order valence-electron chi connectivity index (χ2n) is 3.09. The number of nitro benzene ring substituents is 1. The fourth-order valence-electron chi connectivity index (χ4n) is 1.30. The van der Waals surface area contributed by atoms with Crippen LogP contribution in [0.3, 0.4) is 0 Å². The Hall–Kier alpha value is -1.46. The van der Waals surface area contributed by atoms with Gasteiger partial charge in [-0.1, -0.05) is 6.08 Å². The highest BCUT2D eigenvalue weighted by molar-refractivity contribution is 5.85. The molecule has 0 radical (unpaired) electrons. The third-order valence-corrected chi connectivity index (χ3v) is 2.01. The van der Waals surface area contributed by atoms with Crippen LogP contribution in [0.4, 0.5) is 10.1 Å². The molecule has 0 amide bonds. The maximum Gasteiger partial charge on any atom is 0.274 e. The molecule has 6 heteroatoms. The molecule has 1 atom stereocenters. The average Bonchev–Trinajstić information content (AvgIpc) is 2.17. The zero-order chi connectivity index (χ0) is 11.4. The molecule has 0 bridgehead atoms. The van der Waals surface area contributed by atoms with Gasteiger partial charge >= 0.3 is 0 Å². The standard InChI is InChI=1S/C10H11FN2O2.ClH/c1-2-3-9(12)8-6-7(11)4-5-10(8)13(14)15;/h2,4-6,9H,1,3,12H2;1H/t9-;/m1./s1. The normalized spacial score (nSPS) is 11.4. The van der Waals surface area contributed by atoms with Crippen LogP contribution in [0, 0.1) is 15.9 Å². The molecule has 16 heavy (non-hydrogen) atoms. The topological polar surface area (TPSA) is 69.2 Å². The van der Waals surface area contributed by atoms with Gasteiger partial charge in [0.15, 0.2) is 0 Å². The Kier molecular flexibility index (Phi) is 5.63. The van der Waals surface area contributed by atoms with Gasteiger partial charge in [0.25, 0.3) is 5.69 Å². The second kappa shape index (κ2) is 6.19. The Morgan fingerprint density at radius 1 is 1.62 bits per heavy atom. The lowest BCUT2D eigenvalue weighted by atomic mass is 10.0. The molecular formula is C10H12ClFN2O2. The van der Waals surface area contributed by atoms with Crippen LogP contribution >= 0.6 is 12.4 Å². The molecule has 0 heterocycles. The quantitative estimate of drug-likeness (QED) is 0.505. The van der Waals surface area contributed by atoms with Crippen LogP contribution in [-0.4, -0.2) is 4.92 Å². The van der Waals surface area contributed by atoms with Crippen LogP contribution in [0.1, 0.15) is 18.0 Å². The van der Waals surface area contributed by atoms with E-state index in [1.54, 1.807) is 6.08 Å². The van der Waals surface area contributed by atoms with Gasteiger partial charge in [0.1, 0.15) is 5.82 Å². The van der Waals surface area contributed by atoms with E-state index in [-0.39, 0.29) is 23.7 Å². The first-order chi connectivity index (χ1) is 7.06. The summed E-state index contributed by atoms with van der Waals surface area (Å²) in [5.41, 5.74) is 5.70. The van der Waals surface area contributed by atoms with Gasteiger partial charge in [-0.2, -0.15) is 0 Å². The predicted octanol–water partition coefficient (Wildman–Crippen LogP) is 2.73. The minimum absolute atomic E-state index is 0. The van der Waals surface area contributed by atoms with Crippen molar-refractivity contribution in [1.82, 2.24) is 0 Å². The van der Waals surface area contributed by atoms with Crippen LogP contribution in [0.25, 0.3) is 0 Å². The SMILES string of the molecule is C=CC[C@@H](N)c1cc(F)ccc1[N+](=O)[O-].Cl. The van der Waals surface area contributed by atoms with Gasteiger partial charge in [-0.05, 0) is 18.6 Å². The predicted molar refractivity (Wildman–Crippen MR) is 62.0 cm³/mol. The summed E-state index contributed by atoms with van der Waals surface area (Å²) >= 11 is 0. The lowest BCUT2D eigenvalue weighted by Crippen LogP contribution is -2.11. The van der Waals surface area contributed by atoms with Gasteiger partial charge in [-0.3, -0.25) is 10.1 Å². The maximum atomic E-state index is 12.9. The van der Waals surface area contributed by atoms with Gasteiger partial charge in [-0.15, -0.1) is 19.0 Å². The van der Waals surface area contributed by atoms with Crippen molar-refractivity contribution in [2.75, 3.05) is 0 Å². The summed E-state index contributed by atoms with van der Waals surface area (Å²) in [5, 5.41) is 10.6. The Morgan fingerprint density at radius 3 is 2.75 bits per heavy atom. The van der Waals surface area contributed by atoms with Gasteiger partial charge in [0, 0.05) is 17.7 Å². The van der Waals surface area contributed by atoms with Crippen molar-refractivity contribution >= 4 is 18.1 Å². The van der Waals surface area contributed by atoms with Gasteiger partial charge in [-0.25, -0.2) is 4.39 Å². The molecule has 0 saturated heterocycles. The van der Waals surface area contributed by atoms with Crippen molar-refractivity contribution in [3.63, 3.8) is 0 Å². The minimum atomic E-state index is -0.599. The molecule has 0 aliphatic rings. The molecule has 0 spiro atoms. The molecule has 0 aliphatic carbocycles. The molecule has 2 N–H and O–H groups in total. The molecule has 0 saturated carbocycles. The highest BCUT2D eigenvalue weighted by atomic mass is 35.5. The Balaban J connectivity index is 0.00000225. The smallest absolute Gasteiger partial charge is 0.274 e. The molecule has 1 rings (SSSR count). The van der Waals surface area contributed by atoms with Crippen LogP contribution in [0.5, 0.6) is 0 Å². The number of nitrogens with zero attached hydrogens (tertiary/aromatic N) is 1. The van der Waals surface area contributed by atoms with E-state index in [0.29, 0.717) is 6.42 Å². The zero-order valence-corrected chi connectivity index (χ0v) is 9.24. The van der Waals surface area contributed by atoms with Crippen LogP contribution in [0.15, 0.2) is 30.9 Å². The molecule has 1 aromatic carbocycles. The number of rotatable bonds is 4.